The standard InChI is InChI=1S/CH2O3.H2S3.Zn/c2-1(3)4;1-3-2;/h(H2,2,3,4);1-2H;/q;;+2/p-2. The molecule has 8 heavy (non-hydrogen) atoms. The molecular formula is CH2O3S3Zn. The van der Waals surface area contributed by atoms with Gasteiger partial charge in [0.05, 0.1) is 0 Å². The predicted octanol–water partition coefficient (Wildman–Crippen LogP) is 0.863. The summed E-state index contributed by atoms with van der Waals surface area (Å²) in [5, 5.41) is 13.9. The van der Waals surface area contributed by atoms with Gasteiger partial charge in [0.25, 0.3) is 0 Å². The maximum absolute atomic E-state index is 8.56. The topological polar surface area (TPSA) is 57.5 Å². The number of hydrogen-bond donors (Lipinski definition) is 2. The second kappa shape index (κ2) is 15.7. The molecule has 0 aliphatic rings. The molecule has 7 heteroatoms. The van der Waals surface area contributed by atoms with Gasteiger partial charge in [-0.15, -0.1) is 0 Å². The fourth-order valence-electron chi connectivity index (χ4n) is 0. The Balaban J connectivity index is -0.0000000575. The summed E-state index contributed by atoms with van der Waals surface area (Å²) >= 11 is 8.25. The fraction of sp³-hybridized carbons (Fsp3) is 0. The van der Waals surface area contributed by atoms with Crippen molar-refractivity contribution in [3.05, 3.63) is 0 Å². The zero-order valence-corrected chi connectivity index (χ0v) is 9.15. The molecule has 0 saturated carbocycles. The van der Waals surface area contributed by atoms with Crippen molar-refractivity contribution in [2.45, 2.75) is 0 Å². The van der Waals surface area contributed by atoms with Crippen molar-refractivity contribution in [1.82, 2.24) is 0 Å². The molecular weight excluding hydrogens is 222 g/mol. The van der Waals surface area contributed by atoms with Gasteiger partial charge in [0.1, 0.15) is 0 Å². The molecule has 0 aromatic carbocycles. The maximum Gasteiger partial charge on any atom is 2.00 e. The van der Waals surface area contributed by atoms with Gasteiger partial charge in [-0.05, 0) is 0 Å². The first kappa shape index (κ1) is 16.0. The van der Waals surface area contributed by atoms with Gasteiger partial charge in [0.15, 0.2) is 0 Å². The van der Waals surface area contributed by atoms with Gasteiger partial charge in [-0.1, -0.05) is 0 Å². The van der Waals surface area contributed by atoms with Crippen molar-refractivity contribution in [3.8, 4) is 0 Å². The third kappa shape index (κ3) is 276. The van der Waals surface area contributed by atoms with Gasteiger partial charge in [-0.3, -0.25) is 0 Å². The second-order valence-electron chi connectivity index (χ2n) is 0.351. The van der Waals surface area contributed by atoms with E-state index in [9.17, 15) is 0 Å². The van der Waals surface area contributed by atoms with Crippen LogP contribution < -0.4 is 0 Å². The van der Waals surface area contributed by atoms with Crippen molar-refractivity contribution in [2.24, 2.45) is 0 Å². The summed E-state index contributed by atoms with van der Waals surface area (Å²) in [4.78, 5) is 8.56. The van der Waals surface area contributed by atoms with E-state index in [4.69, 9.17) is 15.0 Å². The molecule has 2 N–H and O–H groups in total. The molecule has 44 valence electrons. The summed E-state index contributed by atoms with van der Waals surface area (Å²) in [5.74, 6) is 0. The van der Waals surface area contributed by atoms with E-state index in [1.165, 1.54) is 0 Å². The van der Waals surface area contributed by atoms with Crippen LogP contribution in [0.4, 0.5) is 4.79 Å². The Bertz CT molecular complexity index is 45.8. The first-order valence-corrected chi connectivity index (χ1v) is 3.65. The molecule has 0 aliphatic carbocycles. The van der Waals surface area contributed by atoms with E-state index in [0.717, 1.165) is 9.83 Å². The van der Waals surface area contributed by atoms with E-state index in [2.05, 4.69) is 23.3 Å². The Labute approximate surface area is 73.6 Å². The van der Waals surface area contributed by atoms with E-state index >= 15 is 0 Å². The zero-order valence-electron chi connectivity index (χ0n) is 3.73. The van der Waals surface area contributed by atoms with Crippen LogP contribution in [0.2, 0.25) is 0 Å². The molecule has 0 aromatic heterocycles. The monoisotopic (exact) mass is 222 g/mol. The molecule has 0 fully saturated rings. The molecule has 0 atom stereocenters. The molecule has 0 heterocycles. The average molecular weight is 224 g/mol. The Hall–Kier alpha value is 0.943. The van der Waals surface area contributed by atoms with Crippen molar-refractivity contribution in [3.63, 3.8) is 0 Å². The van der Waals surface area contributed by atoms with Crippen LogP contribution in [0.5, 0.6) is 0 Å². The van der Waals surface area contributed by atoms with E-state index < -0.39 is 6.16 Å². The molecule has 0 saturated heterocycles. The Kier molecular flexibility index (Phi) is 31.3. The molecule has 0 rings (SSSR count). The third-order valence-electron chi connectivity index (χ3n) is 0. The van der Waals surface area contributed by atoms with Gasteiger partial charge < -0.3 is 43.4 Å². The van der Waals surface area contributed by atoms with Gasteiger partial charge in [-0.2, -0.15) is 0 Å². The van der Waals surface area contributed by atoms with Crippen LogP contribution in [-0.4, -0.2) is 16.4 Å². The summed E-state index contributed by atoms with van der Waals surface area (Å²) in [6.45, 7) is 0. The van der Waals surface area contributed by atoms with Crippen LogP contribution in [-0.2, 0) is 42.8 Å². The molecule has 0 radical (unpaired) electrons. The molecule has 0 aromatic rings. The van der Waals surface area contributed by atoms with Gasteiger partial charge >= 0.3 is 25.6 Å². The number of carboxylic acid groups (broad SMARTS) is 2. The van der Waals surface area contributed by atoms with Crippen molar-refractivity contribution >= 4 is 39.3 Å². The van der Waals surface area contributed by atoms with Gasteiger partial charge in [0.2, 0.25) is 0 Å². The summed E-state index contributed by atoms with van der Waals surface area (Å²) in [7, 11) is 0.917. The number of hydrogen-bond acceptors (Lipinski definition) is 4. The first-order valence-electron chi connectivity index (χ1n) is 0.985. The van der Waals surface area contributed by atoms with Crippen LogP contribution in [0.1, 0.15) is 0 Å². The molecule has 0 amide bonds. The summed E-state index contributed by atoms with van der Waals surface area (Å²) in [6, 6.07) is 0. The van der Waals surface area contributed by atoms with E-state index in [-0.39, 0.29) is 19.5 Å². The Morgan fingerprint density at radius 1 is 1.38 bits per heavy atom. The smallest absolute Gasteiger partial charge is 0.747 e. The van der Waals surface area contributed by atoms with E-state index in [0.29, 0.717) is 0 Å². The molecule has 0 spiro atoms. The average Bonchev–Trinajstić information content (AvgIpc) is 1.33. The zero-order chi connectivity index (χ0) is 6.28. The fourth-order valence-corrected chi connectivity index (χ4v) is 0. The number of carbonyl (C=O) groups is 1. The van der Waals surface area contributed by atoms with Crippen LogP contribution in [0.25, 0.3) is 0 Å². The first-order chi connectivity index (χ1) is 3.15. The van der Waals surface area contributed by atoms with Crippen LogP contribution in [0.3, 0.4) is 0 Å². The van der Waals surface area contributed by atoms with Crippen LogP contribution >= 0.6 is 9.83 Å². The predicted molar refractivity (Wildman–Crippen MR) is 33.0 cm³/mol. The minimum absolute atomic E-state index is 0. The minimum atomic E-state index is -1.83. The summed E-state index contributed by atoms with van der Waals surface area (Å²) in [5.41, 5.74) is 0. The van der Waals surface area contributed by atoms with Crippen molar-refractivity contribution in [1.29, 1.82) is 0 Å². The van der Waals surface area contributed by atoms with E-state index in [1.54, 1.807) is 0 Å². The normalized spacial score (nSPS) is 5.25. The van der Waals surface area contributed by atoms with Crippen molar-refractivity contribution < 1.29 is 34.5 Å². The summed E-state index contributed by atoms with van der Waals surface area (Å²) in [6.07, 6.45) is -1.83. The molecule has 0 bridgehead atoms. The molecule has 3 nitrogen and oxygen atoms in total. The van der Waals surface area contributed by atoms with Crippen molar-refractivity contribution in [2.75, 3.05) is 0 Å². The van der Waals surface area contributed by atoms with E-state index in [1.807, 2.05) is 0 Å². The number of rotatable bonds is 0. The second-order valence-corrected chi connectivity index (χ2v) is 2.12. The third-order valence-corrected chi connectivity index (χ3v) is 0. The molecule has 0 aliphatic heterocycles. The van der Waals surface area contributed by atoms with Gasteiger partial charge in [0, 0.05) is 0 Å². The largest absolute Gasteiger partial charge is 2.00 e. The van der Waals surface area contributed by atoms with Crippen LogP contribution in [0, 0.1) is 0 Å². The van der Waals surface area contributed by atoms with Crippen LogP contribution in [0.15, 0.2) is 0 Å². The Morgan fingerprint density at radius 3 is 1.38 bits per heavy atom. The minimum Gasteiger partial charge on any atom is -0.747 e. The summed E-state index contributed by atoms with van der Waals surface area (Å²) < 4.78 is 0. The SMILES string of the molecule is O=C(O)O.[S-]S[S-].[Zn+2]. The quantitative estimate of drug-likeness (QED) is 0.361. The maximum atomic E-state index is 8.56. The molecule has 0 unspecified atom stereocenters. The Morgan fingerprint density at radius 2 is 1.38 bits per heavy atom. The van der Waals surface area contributed by atoms with Gasteiger partial charge in [-0.25, -0.2) is 4.79 Å².